The van der Waals surface area contributed by atoms with E-state index in [4.69, 9.17) is 9.90 Å². The van der Waals surface area contributed by atoms with E-state index in [1.807, 2.05) is 0 Å². The first-order valence-corrected chi connectivity index (χ1v) is 0.928. The molecule has 0 aromatic carbocycles. The molecule has 51 valence electrons. The smallest absolute Gasteiger partial charge is 0.300 e. The largest absolute Gasteiger partial charge is 0.481 e. The number of hydrogen-bond acceptors (Lipinski definition) is 1. The first-order valence-electron chi connectivity index (χ1n) is 0.928. The summed E-state index contributed by atoms with van der Waals surface area (Å²) in [6.07, 6.45) is 0. The molecule has 0 aromatic heterocycles. The molecule has 0 aromatic rings. The van der Waals surface area contributed by atoms with Crippen molar-refractivity contribution in [2.75, 3.05) is 0 Å². The number of hydrogen-bond donors (Lipinski definition) is 1. The van der Waals surface area contributed by atoms with Crippen LogP contribution in [0, 0.1) is 14.9 Å². The van der Waals surface area contributed by atoms with Crippen molar-refractivity contribution in [1.82, 2.24) is 0 Å². The fraction of sp³-hybridized carbons (Fsp3) is 0.250. The van der Waals surface area contributed by atoms with E-state index < -0.39 is 5.97 Å². The Labute approximate surface area is 60.4 Å². The van der Waals surface area contributed by atoms with Crippen molar-refractivity contribution >= 4 is 5.97 Å². The SMILES string of the molecule is CC(=O)O.[Au].[CH3-].[CH3-]. The van der Waals surface area contributed by atoms with Crippen molar-refractivity contribution in [2.45, 2.75) is 6.92 Å². The molecule has 0 aliphatic rings. The van der Waals surface area contributed by atoms with Crippen LogP contribution >= 0.6 is 0 Å². The average molecular weight is 287 g/mol. The molecule has 3 heteroatoms. The van der Waals surface area contributed by atoms with E-state index in [-0.39, 0.29) is 37.2 Å². The molecular formula is C4H10AuO2-2. The van der Waals surface area contributed by atoms with Gasteiger partial charge in [-0.15, -0.1) is 0 Å². The molecular weight excluding hydrogens is 277 g/mol. The van der Waals surface area contributed by atoms with Crippen molar-refractivity contribution in [3.8, 4) is 0 Å². The number of rotatable bonds is 0. The maximum absolute atomic E-state index is 9.00. The minimum atomic E-state index is -0.833. The summed E-state index contributed by atoms with van der Waals surface area (Å²) in [5.41, 5.74) is 0. The van der Waals surface area contributed by atoms with Crippen LogP contribution < -0.4 is 0 Å². The van der Waals surface area contributed by atoms with Crippen LogP contribution in [0.4, 0.5) is 0 Å². The molecule has 1 radical (unpaired) electrons. The summed E-state index contributed by atoms with van der Waals surface area (Å²) in [5, 5.41) is 7.42. The number of carboxylic acid groups (broad SMARTS) is 1. The molecule has 7 heavy (non-hydrogen) atoms. The zero-order valence-electron chi connectivity index (χ0n) is 4.66. The van der Waals surface area contributed by atoms with E-state index in [1.165, 1.54) is 0 Å². The van der Waals surface area contributed by atoms with Crippen LogP contribution in [0.25, 0.3) is 0 Å². The van der Waals surface area contributed by atoms with Gasteiger partial charge in [0.15, 0.2) is 0 Å². The molecule has 0 saturated heterocycles. The molecule has 0 unspecified atom stereocenters. The molecule has 0 aliphatic carbocycles. The summed E-state index contributed by atoms with van der Waals surface area (Å²) in [6, 6.07) is 0. The van der Waals surface area contributed by atoms with Gasteiger partial charge in [-0.2, -0.15) is 0 Å². The van der Waals surface area contributed by atoms with Crippen LogP contribution in [0.1, 0.15) is 6.92 Å². The number of carbonyl (C=O) groups is 1. The van der Waals surface area contributed by atoms with Crippen LogP contribution in [-0.4, -0.2) is 11.1 Å². The third-order valence-corrected chi connectivity index (χ3v) is 0. The van der Waals surface area contributed by atoms with E-state index in [9.17, 15) is 0 Å². The van der Waals surface area contributed by atoms with E-state index in [0.29, 0.717) is 0 Å². The van der Waals surface area contributed by atoms with Crippen molar-refractivity contribution in [3.63, 3.8) is 0 Å². The summed E-state index contributed by atoms with van der Waals surface area (Å²) < 4.78 is 0. The van der Waals surface area contributed by atoms with E-state index in [1.54, 1.807) is 0 Å². The normalized spacial score (nSPS) is 3.57. The van der Waals surface area contributed by atoms with Crippen molar-refractivity contribution in [2.24, 2.45) is 0 Å². The fourth-order valence-corrected chi connectivity index (χ4v) is 0. The van der Waals surface area contributed by atoms with Gasteiger partial charge in [-0.25, -0.2) is 0 Å². The van der Waals surface area contributed by atoms with Gasteiger partial charge in [0.05, 0.1) is 0 Å². The van der Waals surface area contributed by atoms with Crippen molar-refractivity contribution < 1.29 is 32.3 Å². The molecule has 0 rings (SSSR count). The Bertz CT molecular complexity index is 32.7. The van der Waals surface area contributed by atoms with Crippen molar-refractivity contribution in [1.29, 1.82) is 0 Å². The first-order chi connectivity index (χ1) is 1.73. The van der Waals surface area contributed by atoms with Gasteiger partial charge >= 0.3 is 0 Å². The summed E-state index contributed by atoms with van der Waals surface area (Å²) in [7, 11) is 0. The van der Waals surface area contributed by atoms with Gasteiger partial charge in [0.25, 0.3) is 5.97 Å². The number of carboxylic acids is 1. The number of aliphatic carboxylic acids is 1. The topological polar surface area (TPSA) is 37.3 Å². The van der Waals surface area contributed by atoms with E-state index in [0.717, 1.165) is 6.92 Å². The third kappa shape index (κ3) is 2490. The maximum atomic E-state index is 9.00. The van der Waals surface area contributed by atoms with Crippen LogP contribution in [-0.2, 0) is 27.2 Å². The van der Waals surface area contributed by atoms with Gasteiger partial charge in [0, 0.05) is 29.3 Å². The van der Waals surface area contributed by atoms with E-state index >= 15 is 0 Å². The van der Waals surface area contributed by atoms with Crippen LogP contribution in [0.3, 0.4) is 0 Å². The zero-order valence-corrected chi connectivity index (χ0v) is 6.82. The molecule has 0 spiro atoms. The molecule has 0 fully saturated rings. The predicted molar refractivity (Wildman–Crippen MR) is 26.1 cm³/mol. The van der Waals surface area contributed by atoms with Crippen molar-refractivity contribution in [3.05, 3.63) is 14.9 Å². The maximum Gasteiger partial charge on any atom is 0.300 e. The summed E-state index contributed by atoms with van der Waals surface area (Å²) in [4.78, 5) is 9.00. The van der Waals surface area contributed by atoms with Crippen LogP contribution in [0.5, 0.6) is 0 Å². The Morgan fingerprint density at radius 1 is 1.43 bits per heavy atom. The standard InChI is InChI=1S/C2H4O2.2CH3.Au/c1-2(3)4;;;/h1H3,(H,3,4);2*1H3;/q;2*-1;. The molecule has 0 bridgehead atoms. The molecule has 1 N–H and O–H groups in total. The Kier molecular flexibility index (Phi) is 63.1. The molecule has 2 nitrogen and oxygen atoms in total. The summed E-state index contributed by atoms with van der Waals surface area (Å²) in [5.74, 6) is -0.833. The van der Waals surface area contributed by atoms with Gasteiger partial charge in [0.2, 0.25) is 0 Å². The Hall–Kier alpha value is 0.210. The second kappa shape index (κ2) is 16.4. The Morgan fingerprint density at radius 3 is 1.43 bits per heavy atom. The van der Waals surface area contributed by atoms with Gasteiger partial charge in [-0.1, -0.05) is 0 Å². The quantitative estimate of drug-likeness (QED) is 0.533. The minimum absolute atomic E-state index is 0. The molecule has 0 heterocycles. The van der Waals surface area contributed by atoms with Gasteiger partial charge in [0.1, 0.15) is 0 Å². The van der Waals surface area contributed by atoms with Gasteiger partial charge < -0.3 is 20.0 Å². The molecule has 0 amide bonds. The van der Waals surface area contributed by atoms with E-state index in [2.05, 4.69) is 0 Å². The second-order valence-corrected chi connectivity index (χ2v) is 0.519. The van der Waals surface area contributed by atoms with Crippen LogP contribution in [0.15, 0.2) is 0 Å². The minimum Gasteiger partial charge on any atom is -0.481 e. The summed E-state index contributed by atoms with van der Waals surface area (Å²) in [6.45, 7) is 1.08. The van der Waals surface area contributed by atoms with Gasteiger partial charge in [-0.05, 0) is 0 Å². The average Bonchev–Trinajstić information content (AvgIpc) is 0.811. The van der Waals surface area contributed by atoms with Crippen LogP contribution in [0.2, 0.25) is 0 Å². The third-order valence-electron chi connectivity index (χ3n) is 0. The summed E-state index contributed by atoms with van der Waals surface area (Å²) >= 11 is 0. The molecule has 0 atom stereocenters. The Morgan fingerprint density at radius 2 is 1.43 bits per heavy atom. The molecule has 0 aliphatic heterocycles. The predicted octanol–water partition coefficient (Wildman–Crippen LogP) is 0.989. The first kappa shape index (κ1) is 27.0. The second-order valence-electron chi connectivity index (χ2n) is 0.519. The molecule has 0 saturated carbocycles. The fourth-order valence-electron chi connectivity index (χ4n) is 0. The zero-order chi connectivity index (χ0) is 3.58. The Balaban J connectivity index is -0.0000000150. The van der Waals surface area contributed by atoms with Gasteiger partial charge in [-0.3, -0.25) is 4.79 Å². The monoisotopic (exact) mass is 287 g/mol.